The molecule has 0 radical (unpaired) electrons. The van der Waals surface area contributed by atoms with Crippen LogP contribution in [-0.2, 0) is 9.47 Å². The van der Waals surface area contributed by atoms with Gasteiger partial charge in [-0.3, -0.25) is 4.90 Å². The molecule has 1 spiro atoms. The van der Waals surface area contributed by atoms with Crippen molar-refractivity contribution in [1.82, 2.24) is 14.9 Å². The van der Waals surface area contributed by atoms with E-state index in [9.17, 15) is 0 Å². The highest BCUT2D eigenvalue weighted by Gasteiger charge is 2.44. The molecule has 4 heterocycles. The average molecular weight is 348 g/mol. The van der Waals surface area contributed by atoms with Gasteiger partial charge in [-0.25, -0.2) is 9.97 Å². The second-order valence-electron chi connectivity index (χ2n) is 7.42. The van der Waals surface area contributed by atoms with Crippen LogP contribution in [0.5, 0.6) is 5.88 Å². The van der Waals surface area contributed by atoms with Crippen LogP contribution in [0, 0.1) is 5.92 Å². The fraction of sp³-hybridized carbons (Fsp3) is 0.778. The number of anilines is 1. The number of aromatic nitrogens is 2. The SMILES string of the molecule is COc1cc(N2CCC[C@@]3(C[C@@H](CN4CCOCC4)CO3)C2)ncn1. The summed E-state index contributed by atoms with van der Waals surface area (Å²) in [4.78, 5) is 13.4. The summed E-state index contributed by atoms with van der Waals surface area (Å²) in [5.74, 6) is 2.17. The van der Waals surface area contributed by atoms with Crippen LogP contribution in [0.1, 0.15) is 19.3 Å². The van der Waals surface area contributed by atoms with Crippen LogP contribution in [0.4, 0.5) is 5.82 Å². The monoisotopic (exact) mass is 348 g/mol. The average Bonchev–Trinajstić information content (AvgIpc) is 3.04. The lowest BCUT2D eigenvalue weighted by atomic mass is 9.86. The quantitative estimate of drug-likeness (QED) is 0.810. The molecular formula is C18H28N4O3. The van der Waals surface area contributed by atoms with Crippen LogP contribution < -0.4 is 9.64 Å². The van der Waals surface area contributed by atoms with Crippen molar-refractivity contribution in [2.45, 2.75) is 24.9 Å². The maximum absolute atomic E-state index is 6.37. The summed E-state index contributed by atoms with van der Waals surface area (Å²) in [5, 5.41) is 0. The second kappa shape index (κ2) is 7.43. The topological polar surface area (TPSA) is 60.0 Å². The Labute approximate surface area is 149 Å². The molecule has 0 N–H and O–H groups in total. The molecule has 0 saturated carbocycles. The number of hydrogen-bond acceptors (Lipinski definition) is 7. The van der Waals surface area contributed by atoms with Gasteiger partial charge in [0.15, 0.2) is 0 Å². The number of morpholine rings is 1. The Morgan fingerprint density at radius 2 is 2.16 bits per heavy atom. The van der Waals surface area contributed by atoms with Gasteiger partial charge in [0.2, 0.25) is 5.88 Å². The van der Waals surface area contributed by atoms with Gasteiger partial charge in [-0.15, -0.1) is 0 Å². The maximum Gasteiger partial charge on any atom is 0.218 e. The van der Waals surface area contributed by atoms with Crippen LogP contribution in [0.25, 0.3) is 0 Å². The third-order valence-electron chi connectivity index (χ3n) is 5.61. The third-order valence-corrected chi connectivity index (χ3v) is 5.61. The minimum absolute atomic E-state index is 0.0204. The van der Waals surface area contributed by atoms with E-state index in [1.165, 1.54) is 0 Å². The van der Waals surface area contributed by atoms with Gasteiger partial charge in [-0.1, -0.05) is 0 Å². The predicted molar refractivity (Wildman–Crippen MR) is 94.1 cm³/mol. The Kier molecular flexibility index (Phi) is 5.05. The van der Waals surface area contributed by atoms with Crippen LogP contribution in [0.15, 0.2) is 12.4 Å². The minimum Gasteiger partial charge on any atom is -0.481 e. The van der Waals surface area contributed by atoms with Gasteiger partial charge in [0.1, 0.15) is 12.1 Å². The van der Waals surface area contributed by atoms with Gasteiger partial charge in [-0.2, -0.15) is 0 Å². The summed E-state index contributed by atoms with van der Waals surface area (Å²) in [5.41, 5.74) is -0.0204. The molecule has 1 aromatic rings. The highest BCUT2D eigenvalue weighted by atomic mass is 16.5. The summed E-state index contributed by atoms with van der Waals surface area (Å²) in [7, 11) is 1.64. The van der Waals surface area contributed by atoms with E-state index in [1.807, 2.05) is 6.07 Å². The number of nitrogens with zero attached hydrogens (tertiary/aromatic N) is 4. The highest BCUT2D eigenvalue weighted by molar-refractivity contribution is 5.42. The maximum atomic E-state index is 6.37. The molecule has 7 nitrogen and oxygen atoms in total. The van der Waals surface area contributed by atoms with E-state index in [1.54, 1.807) is 13.4 Å². The van der Waals surface area contributed by atoms with E-state index in [-0.39, 0.29) is 5.60 Å². The van der Waals surface area contributed by atoms with Crippen molar-refractivity contribution < 1.29 is 14.2 Å². The van der Waals surface area contributed by atoms with Crippen molar-refractivity contribution in [3.8, 4) is 5.88 Å². The lowest BCUT2D eigenvalue weighted by molar-refractivity contribution is -0.00820. The van der Waals surface area contributed by atoms with Crippen molar-refractivity contribution in [2.75, 3.05) is 64.6 Å². The Balaban J connectivity index is 1.38. The first-order valence-corrected chi connectivity index (χ1v) is 9.31. The number of methoxy groups -OCH3 is 1. The van der Waals surface area contributed by atoms with Gasteiger partial charge >= 0.3 is 0 Å². The Morgan fingerprint density at radius 1 is 1.28 bits per heavy atom. The standard InChI is InChI=1S/C18H28N4O3/c1-23-17-9-16(19-14-20-17)22-4-2-3-18(13-22)10-15(12-25-18)11-21-5-7-24-8-6-21/h9,14-15H,2-8,10-13H2,1H3/t15-,18+/m0/s1. The fourth-order valence-electron chi connectivity index (χ4n) is 4.40. The molecule has 2 atom stereocenters. The van der Waals surface area contributed by atoms with E-state index >= 15 is 0 Å². The number of ether oxygens (including phenoxy) is 3. The molecule has 138 valence electrons. The lowest BCUT2D eigenvalue weighted by Crippen LogP contribution is -2.48. The normalized spacial score (nSPS) is 30.8. The molecular weight excluding hydrogens is 320 g/mol. The first kappa shape index (κ1) is 17.0. The smallest absolute Gasteiger partial charge is 0.218 e. The molecule has 1 aromatic heterocycles. The number of piperidine rings is 1. The zero-order chi connectivity index (χ0) is 17.1. The minimum atomic E-state index is -0.0204. The van der Waals surface area contributed by atoms with E-state index < -0.39 is 0 Å². The summed E-state index contributed by atoms with van der Waals surface area (Å²) in [6.07, 6.45) is 5.00. The van der Waals surface area contributed by atoms with Crippen LogP contribution in [0.2, 0.25) is 0 Å². The summed E-state index contributed by atoms with van der Waals surface area (Å²) < 4.78 is 17.1. The molecule has 0 unspecified atom stereocenters. The molecule has 3 saturated heterocycles. The van der Waals surface area contributed by atoms with E-state index in [0.717, 1.165) is 77.6 Å². The summed E-state index contributed by atoms with van der Waals surface area (Å²) >= 11 is 0. The molecule has 4 rings (SSSR count). The van der Waals surface area contributed by atoms with Crippen molar-refractivity contribution in [1.29, 1.82) is 0 Å². The van der Waals surface area contributed by atoms with Crippen LogP contribution in [-0.4, -0.2) is 80.1 Å². The van der Waals surface area contributed by atoms with Gasteiger partial charge in [0, 0.05) is 38.8 Å². The number of rotatable bonds is 4. The van der Waals surface area contributed by atoms with Crippen molar-refractivity contribution in [2.24, 2.45) is 5.92 Å². The Hall–Kier alpha value is -1.44. The molecule has 25 heavy (non-hydrogen) atoms. The molecule has 0 aromatic carbocycles. The largest absolute Gasteiger partial charge is 0.481 e. The Bertz CT molecular complexity index is 581. The highest BCUT2D eigenvalue weighted by Crippen LogP contribution is 2.39. The molecule has 0 bridgehead atoms. The summed E-state index contributed by atoms with van der Waals surface area (Å²) in [6, 6.07) is 1.92. The van der Waals surface area contributed by atoms with Gasteiger partial charge in [-0.05, 0) is 25.2 Å². The first-order valence-electron chi connectivity index (χ1n) is 9.31. The molecule has 3 fully saturated rings. The van der Waals surface area contributed by atoms with E-state index in [2.05, 4.69) is 19.8 Å². The van der Waals surface area contributed by atoms with Crippen molar-refractivity contribution in [3.63, 3.8) is 0 Å². The zero-order valence-electron chi connectivity index (χ0n) is 15.0. The van der Waals surface area contributed by atoms with Crippen LogP contribution in [0.3, 0.4) is 0 Å². The molecule has 7 heteroatoms. The summed E-state index contributed by atoms with van der Waals surface area (Å²) in [6.45, 7) is 7.76. The molecule has 0 aliphatic carbocycles. The molecule has 0 amide bonds. The van der Waals surface area contributed by atoms with E-state index in [4.69, 9.17) is 14.2 Å². The van der Waals surface area contributed by atoms with Gasteiger partial charge in [0.25, 0.3) is 0 Å². The van der Waals surface area contributed by atoms with E-state index in [0.29, 0.717) is 11.8 Å². The predicted octanol–water partition coefficient (Wildman–Crippen LogP) is 1.19. The molecule has 3 aliphatic heterocycles. The fourth-order valence-corrected chi connectivity index (χ4v) is 4.40. The first-order chi connectivity index (χ1) is 12.3. The van der Waals surface area contributed by atoms with Crippen LogP contribution >= 0.6 is 0 Å². The Morgan fingerprint density at radius 3 is 3.00 bits per heavy atom. The van der Waals surface area contributed by atoms with Crippen molar-refractivity contribution in [3.05, 3.63) is 12.4 Å². The second-order valence-corrected chi connectivity index (χ2v) is 7.42. The molecule has 3 aliphatic rings. The van der Waals surface area contributed by atoms with Gasteiger partial charge < -0.3 is 19.1 Å². The third kappa shape index (κ3) is 3.88. The van der Waals surface area contributed by atoms with Gasteiger partial charge in [0.05, 0.1) is 32.5 Å². The number of hydrogen-bond donors (Lipinski definition) is 0. The lowest BCUT2D eigenvalue weighted by Gasteiger charge is -2.40. The van der Waals surface area contributed by atoms with Crippen molar-refractivity contribution >= 4 is 5.82 Å². The zero-order valence-corrected chi connectivity index (χ0v) is 15.0.